The van der Waals surface area contributed by atoms with Gasteiger partial charge in [-0.2, -0.15) is 0 Å². The maximum atomic E-state index is 13.8. The summed E-state index contributed by atoms with van der Waals surface area (Å²) < 4.78 is 53.6. The number of thiocarbonyl (C=S) groups is 1. The van der Waals surface area contributed by atoms with Crippen molar-refractivity contribution >= 4 is 28.6 Å². The van der Waals surface area contributed by atoms with Gasteiger partial charge in [-0.15, -0.1) is 0 Å². The first-order chi connectivity index (χ1) is 9.40. The van der Waals surface area contributed by atoms with Crippen LogP contribution in [0.3, 0.4) is 0 Å². The minimum absolute atomic E-state index is 0.187. The van der Waals surface area contributed by atoms with Crippen molar-refractivity contribution in [3.05, 3.63) is 59.2 Å². The number of nitrogens with two attached hydrogens (primary N) is 1. The van der Waals surface area contributed by atoms with Crippen molar-refractivity contribution in [3.8, 4) is 0 Å². The quantitative estimate of drug-likeness (QED) is 0.671. The molecule has 0 aromatic heterocycles. The van der Waals surface area contributed by atoms with Gasteiger partial charge in [-0.05, 0) is 24.3 Å². The molecule has 0 heterocycles. The monoisotopic (exact) mass is 300 g/mol. The Kier molecular flexibility index (Phi) is 3.89. The van der Waals surface area contributed by atoms with Gasteiger partial charge in [-0.1, -0.05) is 12.2 Å². The zero-order valence-corrected chi connectivity index (χ0v) is 10.7. The number of nitrogens with one attached hydrogen (secondary N) is 1. The van der Waals surface area contributed by atoms with Gasteiger partial charge in [-0.25, -0.2) is 17.6 Å². The molecule has 2 aromatic rings. The number of halogens is 4. The lowest BCUT2D eigenvalue weighted by Crippen LogP contribution is -2.13. The number of benzene rings is 2. The molecule has 0 saturated heterocycles. The average molecular weight is 300 g/mol. The van der Waals surface area contributed by atoms with Crippen molar-refractivity contribution in [2.45, 2.75) is 0 Å². The van der Waals surface area contributed by atoms with Crippen molar-refractivity contribution in [2.24, 2.45) is 5.73 Å². The molecule has 3 N–H and O–H groups in total. The van der Waals surface area contributed by atoms with Crippen LogP contribution < -0.4 is 11.1 Å². The van der Waals surface area contributed by atoms with Crippen molar-refractivity contribution in [2.75, 3.05) is 5.32 Å². The van der Waals surface area contributed by atoms with Gasteiger partial charge in [-0.3, -0.25) is 0 Å². The molecule has 104 valence electrons. The van der Waals surface area contributed by atoms with E-state index < -0.39 is 23.3 Å². The summed E-state index contributed by atoms with van der Waals surface area (Å²) in [6.07, 6.45) is 0. The molecule has 0 aliphatic heterocycles. The molecule has 0 bridgehead atoms. The zero-order valence-electron chi connectivity index (χ0n) is 9.88. The van der Waals surface area contributed by atoms with Gasteiger partial charge in [0.05, 0.1) is 11.4 Å². The van der Waals surface area contributed by atoms with Crippen LogP contribution >= 0.6 is 12.2 Å². The fourth-order valence-corrected chi connectivity index (χ4v) is 1.73. The van der Waals surface area contributed by atoms with Crippen molar-refractivity contribution in [1.82, 2.24) is 0 Å². The third kappa shape index (κ3) is 2.72. The standard InChI is InChI=1S/C13H8F4N2S/c14-6-1-3-9(8(15)5-6)19-10-4-2-7(13(18)20)11(16)12(10)17/h1-5,19H,(H2,18,20). The molecule has 0 radical (unpaired) electrons. The Morgan fingerprint density at radius 1 is 0.950 bits per heavy atom. The summed E-state index contributed by atoms with van der Waals surface area (Å²) in [6.45, 7) is 0. The SMILES string of the molecule is NC(=S)c1ccc(Nc2ccc(F)cc2F)c(F)c1F. The molecule has 0 unspecified atom stereocenters. The maximum absolute atomic E-state index is 13.8. The van der Waals surface area contributed by atoms with E-state index in [1.54, 1.807) is 0 Å². The van der Waals surface area contributed by atoms with E-state index >= 15 is 0 Å². The summed E-state index contributed by atoms with van der Waals surface area (Å²) >= 11 is 4.57. The fourth-order valence-electron chi connectivity index (χ4n) is 1.57. The van der Waals surface area contributed by atoms with Gasteiger partial charge in [0.2, 0.25) is 0 Å². The van der Waals surface area contributed by atoms with Crippen molar-refractivity contribution in [1.29, 1.82) is 0 Å². The van der Waals surface area contributed by atoms with Crippen LogP contribution in [-0.4, -0.2) is 4.99 Å². The minimum atomic E-state index is -1.25. The Morgan fingerprint density at radius 2 is 1.60 bits per heavy atom. The molecule has 20 heavy (non-hydrogen) atoms. The summed E-state index contributed by atoms with van der Waals surface area (Å²) in [5, 5.41) is 2.33. The summed E-state index contributed by atoms with van der Waals surface area (Å²) in [6, 6.07) is 5.02. The lowest BCUT2D eigenvalue weighted by atomic mass is 10.1. The second-order valence-electron chi connectivity index (χ2n) is 3.90. The van der Waals surface area contributed by atoms with Crippen molar-refractivity contribution in [3.63, 3.8) is 0 Å². The highest BCUT2D eigenvalue weighted by Crippen LogP contribution is 2.26. The van der Waals surface area contributed by atoms with Gasteiger partial charge in [0, 0.05) is 11.6 Å². The minimum Gasteiger partial charge on any atom is -0.389 e. The molecule has 2 aromatic carbocycles. The summed E-state index contributed by atoms with van der Waals surface area (Å²) in [7, 11) is 0. The molecule has 0 fully saturated rings. The predicted molar refractivity (Wildman–Crippen MR) is 71.9 cm³/mol. The fraction of sp³-hybridized carbons (Fsp3) is 0. The van der Waals surface area contributed by atoms with E-state index in [0.717, 1.165) is 18.2 Å². The van der Waals surface area contributed by atoms with Gasteiger partial charge >= 0.3 is 0 Å². The van der Waals surface area contributed by atoms with Gasteiger partial charge in [0.25, 0.3) is 0 Å². The van der Waals surface area contributed by atoms with E-state index in [1.165, 1.54) is 6.07 Å². The molecule has 0 aliphatic carbocycles. The van der Waals surface area contributed by atoms with Crippen LogP contribution in [0.5, 0.6) is 0 Å². The highest BCUT2D eigenvalue weighted by atomic mass is 32.1. The summed E-state index contributed by atoms with van der Waals surface area (Å²) in [5.41, 5.74) is 4.48. The Morgan fingerprint density at radius 3 is 2.20 bits per heavy atom. The largest absolute Gasteiger partial charge is 0.389 e. The number of anilines is 2. The molecular weight excluding hydrogens is 292 g/mol. The molecule has 2 rings (SSSR count). The predicted octanol–water partition coefficient (Wildman–Crippen LogP) is 3.62. The molecule has 0 spiro atoms. The van der Waals surface area contributed by atoms with E-state index in [-0.39, 0.29) is 21.9 Å². The highest BCUT2D eigenvalue weighted by Gasteiger charge is 2.16. The van der Waals surface area contributed by atoms with E-state index in [2.05, 4.69) is 17.5 Å². The molecule has 0 atom stereocenters. The van der Waals surface area contributed by atoms with Crippen LogP contribution in [0, 0.1) is 23.3 Å². The van der Waals surface area contributed by atoms with Gasteiger partial charge in [0.1, 0.15) is 16.6 Å². The third-order valence-corrected chi connectivity index (χ3v) is 2.77. The topological polar surface area (TPSA) is 38.0 Å². The van der Waals surface area contributed by atoms with Crippen molar-refractivity contribution < 1.29 is 17.6 Å². The molecule has 0 aliphatic rings. The Balaban J connectivity index is 2.39. The van der Waals surface area contributed by atoms with E-state index in [9.17, 15) is 17.6 Å². The first kappa shape index (κ1) is 14.3. The van der Waals surface area contributed by atoms with Crippen LogP contribution in [0.15, 0.2) is 30.3 Å². The number of hydrogen-bond acceptors (Lipinski definition) is 2. The van der Waals surface area contributed by atoms with Gasteiger partial charge in [0.15, 0.2) is 11.6 Å². The van der Waals surface area contributed by atoms with Gasteiger partial charge < -0.3 is 11.1 Å². The number of rotatable bonds is 3. The summed E-state index contributed by atoms with van der Waals surface area (Å²) in [5.74, 6) is -4.18. The number of hydrogen-bond donors (Lipinski definition) is 2. The normalized spacial score (nSPS) is 10.4. The molecule has 0 amide bonds. The van der Waals surface area contributed by atoms with Crippen LogP contribution in [0.25, 0.3) is 0 Å². The Hall–Kier alpha value is -2.15. The second kappa shape index (κ2) is 5.46. The molecular formula is C13H8F4N2S. The third-order valence-electron chi connectivity index (χ3n) is 2.55. The lowest BCUT2D eigenvalue weighted by Gasteiger charge is -2.11. The van der Waals surface area contributed by atoms with Crippen LogP contribution in [-0.2, 0) is 0 Å². The molecule has 0 saturated carbocycles. The maximum Gasteiger partial charge on any atom is 0.182 e. The van der Waals surface area contributed by atoms with E-state index in [4.69, 9.17) is 5.73 Å². The zero-order chi connectivity index (χ0) is 14.9. The molecule has 7 heteroatoms. The Bertz CT molecular complexity index is 688. The smallest absolute Gasteiger partial charge is 0.182 e. The average Bonchev–Trinajstić information content (AvgIpc) is 2.37. The first-order valence-electron chi connectivity index (χ1n) is 5.40. The van der Waals surface area contributed by atoms with E-state index in [0.29, 0.717) is 6.07 Å². The lowest BCUT2D eigenvalue weighted by molar-refractivity contribution is 0.510. The van der Waals surface area contributed by atoms with E-state index in [1.807, 2.05) is 0 Å². The van der Waals surface area contributed by atoms with Crippen LogP contribution in [0.1, 0.15) is 5.56 Å². The van der Waals surface area contributed by atoms with Crippen LogP contribution in [0.4, 0.5) is 28.9 Å². The summed E-state index contributed by atoms with van der Waals surface area (Å²) in [4.78, 5) is -0.291. The molecule has 2 nitrogen and oxygen atoms in total. The first-order valence-corrected chi connectivity index (χ1v) is 5.81. The van der Waals surface area contributed by atoms with Crippen LogP contribution in [0.2, 0.25) is 0 Å². The second-order valence-corrected chi connectivity index (χ2v) is 4.34. The Labute approximate surface area is 117 Å². The highest BCUT2D eigenvalue weighted by molar-refractivity contribution is 7.80.